The second kappa shape index (κ2) is 8.34. The van der Waals surface area contributed by atoms with E-state index in [0.29, 0.717) is 23.6 Å². The first-order valence-electron chi connectivity index (χ1n) is 9.10. The molecule has 30 heavy (non-hydrogen) atoms. The number of aromatic nitrogens is 2. The maximum atomic E-state index is 12.8. The molecule has 2 aromatic rings. The van der Waals surface area contributed by atoms with E-state index in [1.54, 1.807) is 6.92 Å². The molecule has 10 nitrogen and oxygen atoms in total. The number of hydrogen-bond donors (Lipinski definition) is 1. The number of nitrogens with zero attached hydrogens (tertiary/aromatic N) is 2. The molecule has 3 rings (SSSR count). The van der Waals surface area contributed by atoms with E-state index in [4.69, 9.17) is 14.2 Å². The fourth-order valence-electron chi connectivity index (χ4n) is 3.35. The van der Waals surface area contributed by atoms with Crippen molar-refractivity contribution in [2.24, 2.45) is 4.99 Å². The molecule has 0 radical (unpaired) electrons. The number of sulfone groups is 1. The number of esters is 1. The summed E-state index contributed by atoms with van der Waals surface area (Å²) in [6.45, 7) is 1.69. The van der Waals surface area contributed by atoms with Gasteiger partial charge in [0.1, 0.15) is 0 Å². The summed E-state index contributed by atoms with van der Waals surface area (Å²) in [4.78, 5) is 29.3. The van der Waals surface area contributed by atoms with Crippen LogP contribution in [0.4, 0.5) is 5.69 Å². The van der Waals surface area contributed by atoms with Crippen LogP contribution in [-0.4, -0.2) is 63.2 Å². The molecule has 1 atom stereocenters. The van der Waals surface area contributed by atoms with Gasteiger partial charge in [-0.1, -0.05) is 0 Å². The Kier molecular flexibility index (Phi) is 6.01. The molecule has 1 aromatic carbocycles. The van der Waals surface area contributed by atoms with Gasteiger partial charge in [0.15, 0.2) is 21.3 Å². The third-order valence-electron chi connectivity index (χ3n) is 4.95. The van der Waals surface area contributed by atoms with E-state index in [1.807, 2.05) is 0 Å². The zero-order valence-electron chi connectivity index (χ0n) is 17.1. The molecule has 1 aromatic heterocycles. The summed E-state index contributed by atoms with van der Waals surface area (Å²) in [6, 6.07) is 2.52. The topological polar surface area (TPSA) is 129 Å². The summed E-state index contributed by atoms with van der Waals surface area (Å²) in [6.07, 6.45) is 1.71. The smallest absolute Gasteiger partial charge is 0.340 e. The summed E-state index contributed by atoms with van der Waals surface area (Å²) in [5.41, 5.74) is 0.799. The maximum Gasteiger partial charge on any atom is 0.340 e. The van der Waals surface area contributed by atoms with Crippen molar-refractivity contribution in [2.45, 2.75) is 19.4 Å². The molecule has 0 aliphatic carbocycles. The molecule has 0 bridgehead atoms. The van der Waals surface area contributed by atoms with Crippen molar-refractivity contribution < 1.29 is 27.4 Å². The molecule has 1 aliphatic rings. The number of aromatic amines is 1. The molecule has 1 fully saturated rings. The number of benzene rings is 1. The Balaban J connectivity index is 2.02. The Morgan fingerprint density at radius 1 is 1.23 bits per heavy atom. The Labute approximate surface area is 173 Å². The molecule has 0 amide bonds. The van der Waals surface area contributed by atoms with Crippen LogP contribution >= 0.6 is 0 Å². The van der Waals surface area contributed by atoms with Crippen LogP contribution in [0.25, 0.3) is 0 Å². The highest BCUT2D eigenvalue weighted by Gasteiger charge is 2.31. The van der Waals surface area contributed by atoms with Crippen LogP contribution in [0.15, 0.2) is 21.9 Å². The van der Waals surface area contributed by atoms with Crippen molar-refractivity contribution in [3.8, 4) is 11.5 Å². The van der Waals surface area contributed by atoms with E-state index in [9.17, 15) is 18.0 Å². The van der Waals surface area contributed by atoms with Gasteiger partial charge in [-0.3, -0.25) is 14.9 Å². The highest BCUT2D eigenvalue weighted by atomic mass is 32.2. The van der Waals surface area contributed by atoms with Gasteiger partial charge in [-0.25, -0.2) is 17.9 Å². The molecule has 1 saturated heterocycles. The van der Waals surface area contributed by atoms with Gasteiger partial charge in [0, 0.05) is 24.0 Å². The zero-order valence-corrected chi connectivity index (χ0v) is 17.9. The number of ether oxygens (including phenoxy) is 3. The number of hydrogen-bond acceptors (Lipinski definition) is 8. The number of aryl methyl sites for hydroxylation is 1. The number of rotatable bonds is 6. The Hall–Kier alpha value is -3.08. The summed E-state index contributed by atoms with van der Waals surface area (Å²) >= 11 is 0. The number of aliphatic imine (C=N–C) groups is 1. The van der Waals surface area contributed by atoms with E-state index in [2.05, 4.69) is 10.1 Å². The summed E-state index contributed by atoms with van der Waals surface area (Å²) in [5, 5.41) is 2.93. The third-order valence-corrected chi connectivity index (χ3v) is 6.71. The minimum atomic E-state index is -3.14. The molecule has 0 unspecified atom stereocenters. The fourth-order valence-corrected chi connectivity index (χ4v) is 5.05. The standard InChI is InChI=1S/C19H23N3O7S/c1-11-14(18(23)22(21-11)12-5-6-30(25,26)10-12)9-20-15-8-17(28-3)16(27-2)7-13(15)19(24)29-4/h7-9,12,21H,5-6,10H2,1-4H3/t12-/m1/s1. The van der Waals surface area contributed by atoms with Crippen LogP contribution < -0.4 is 15.0 Å². The van der Waals surface area contributed by atoms with Crippen molar-refractivity contribution in [3.63, 3.8) is 0 Å². The van der Waals surface area contributed by atoms with Crippen LogP contribution in [0.2, 0.25) is 0 Å². The molecule has 1 aliphatic heterocycles. The lowest BCUT2D eigenvalue weighted by atomic mass is 10.1. The van der Waals surface area contributed by atoms with Gasteiger partial charge in [-0.15, -0.1) is 0 Å². The van der Waals surface area contributed by atoms with Gasteiger partial charge in [-0.2, -0.15) is 0 Å². The van der Waals surface area contributed by atoms with Crippen LogP contribution in [0, 0.1) is 6.92 Å². The lowest BCUT2D eigenvalue weighted by molar-refractivity contribution is 0.0601. The highest BCUT2D eigenvalue weighted by molar-refractivity contribution is 7.91. The lowest BCUT2D eigenvalue weighted by Crippen LogP contribution is -2.25. The number of H-pyrrole nitrogens is 1. The number of carbonyl (C=O) groups is 1. The Morgan fingerprint density at radius 2 is 1.90 bits per heavy atom. The predicted octanol–water partition coefficient (Wildman–Crippen LogP) is 1.40. The molecule has 11 heteroatoms. The van der Waals surface area contributed by atoms with E-state index in [-0.39, 0.29) is 33.9 Å². The highest BCUT2D eigenvalue weighted by Crippen LogP contribution is 2.35. The SMILES string of the molecule is COC(=O)c1cc(OC)c(OC)cc1N=Cc1c(C)[nH]n([C@@H]2CCS(=O)(=O)C2)c1=O. The van der Waals surface area contributed by atoms with Gasteiger partial charge in [-0.05, 0) is 13.3 Å². The average Bonchev–Trinajstić information content (AvgIpc) is 3.23. The van der Waals surface area contributed by atoms with Crippen molar-refractivity contribution in [2.75, 3.05) is 32.8 Å². The summed E-state index contributed by atoms with van der Waals surface area (Å²) in [5.74, 6) is 0.0457. The van der Waals surface area contributed by atoms with Gasteiger partial charge >= 0.3 is 5.97 Å². The fraction of sp³-hybridized carbons (Fsp3) is 0.421. The monoisotopic (exact) mass is 437 g/mol. The van der Waals surface area contributed by atoms with Crippen LogP contribution in [0.1, 0.15) is 34.1 Å². The second-order valence-corrected chi connectivity index (χ2v) is 9.09. The maximum absolute atomic E-state index is 12.8. The Bertz CT molecular complexity index is 1160. The van der Waals surface area contributed by atoms with Gasteiger partial charge in [0.2, 0.25) is 0 Å². The molecule has 162 valence electrons. The zero-order chi connectivity index (χ0) is 22.1. The van der Waals surface area contributed by atoms with E-state index in [0.717, 1.165) is 0 Å². The number of nitrogens with one attached hydrogen (secondary N) is 1. The second-order valence-electron chi connectivity index (χ2n) is 6.86. The minimum Gasteiger partial charge on any atom is -0.493 e. The molecule has 2 heterocycles. The minimum absolute atomic E-state index is 0.0553. The quantitative estimate of drug-likeness (QED) is 0.534. The van der Waals surface area contributed by atoms with Gasteiger partial charge in [0.05, 0.1) is 55.7 Å². The van der Waals surface area contributed by atoms with Gasteiger partial charge < -0.3 is 14.2 Å². The van der Waals surface area contributed by atoms with E-state index >= 15 is 0 Å². The first kappa shape index (κ1) is 21.6. The van der Waals surface area contributed by atoms with Crippen molar-refractivity contribution in [3.05, 3.63) is 39.3 Å². The predicted molar refractivity (Wildman–Crippen MR) is 110 cm³/mol. The van der Waals surface area contributed by atoms with E-state index in [1.165, 1.54) is 44.4 Å². The van der Waals surface area contributed by atoms with Crippen molar-refractivity contribution >= 4 is 27.7 Å². The molecular formula is C19H23N3O7S. The summed E-state index contributed by atoms with van der Waals surface area (Å²) < 4.78 is 40.1. The van der Waals surface area contributed by atoms with Crippen molar-refractivity contribution in [1.82, 2.24) is 9.78 Å². The summed E-state index contributed by atoms with van der Waals surface area (Å²) in [7, 11) is 0.998. The molecule has 0 spiro atoms. The van der Waals surface area contributed by atoms with E-state index < -0.39 is 21.8 Å². The van der Waals surface area contributed by atoms with Crippen LogP contribution in [-0.2, 0) is 14.6 Å². The average molecular weight is 437 g/mol. The van der Waals surface area contributed by atoms with Crippen LogP contribution in [0.5, 0.6) is 11.5 Å². The number of carbonyl (C=O) groups excluding carboxylic acids is 1. The number of methoxy groups -OCH3 is 3. The van der Waals surface area contributed by atoms with Crippen molar-refractivity contribution in [1.29, 1.82) is 0 Å². The largest absolute Gasteiger partial charge is 0.493 e. The first-order valence-corrected chi connectivity index (χ1v) is 10.9. The third kappa shape index (κ3) is 4.11. The lowest BCUT2D eigenvalue weighted by Gasteiger charge is -2.11. The normalized spacial score (nSPS) is 17.9. The molecular weight excluding hydrogens is 414 g/mol. The van der Waals surface area contributed by atoms with Gasteiger partial charge in [0.25, 0.3) is 5.56 Å². The Morgan fingerprint density at radius 3 is 2.47 bits per heavy atom. The first-order chi connectivity index (χ1) is 14.2. The molecule has 0 saturated carbocycles. The molecule has 1 N–H and O–H groups in total. The van der Waals surface area contributed by atoms with Crippen LogP contribution in [0.3, 0.4) is 0 Å².